The van der Waals surface area contributed by atoms with Gasteiger partial charge in [0, 0.05) is 23.9 Å². The minimum absolute atomic E-state index is 0.0735. The van der Waals surface area contributed by atoms with E-state index in [4.69, 9.17) is 5.11 Å². The summed E-state index contributed by atoms with van der Waals surface area (Å²) in [5, 5.41) is 11.1. The Bertz CT molecular complexity index is 445. The predicted molar refractivity (Wildman–Crippen MR) is 72.1 cm³/mol. The number of aliphatic carboxylic acids is 1. The highest BCUT2D eigenvalue weighted by Crippen LogP contribution is 2.14. The van der Waals surface area contributed by atoms with Gasteiger partial charge in [-0.3, -0.25) is 9.59 Å². The largest absolute Gasteiger partial charge is 0.481 e. The fourth-order valence-electron chi connectivity index (χ4n) is 1.56. The molecule has 1 rings (SSSR count). The van der Waals surface area contributed by atoms with Gasteiger partial charge >= 0.3 is 5.97 Å². The molecule has 0 saturated carbocycles. The van der Waals surface area contributed by atoms with Crippen LogP contribution in [0, 0.1) is 5.82 Å². The zero-order valence-electron chi connectivity index (χ0n) is 10.3. The van der Waals surface area contributed by atoms with Crippen molar-refractivity contribution in [3.05, 3.63) is 34.1 Å². The highest BCUT2D eigenvalue weighted by molar-refractivity contribution is 9.10. The summed E-state index contributed by atoms with van der Waals surface area (Å²) in [5.41, 5.74) is 0.672. The van der Waals surface area contributed by atoms with Gasteiger partial charge in [0.15, 0.2) is 0 Å². The van der Waals surface area contributed by atoms with E-state index in [9.17, 15) is 14.0 Å². The Hall–Kier alpha value is -1.43. The molecule has 1 aromatic rings. The second kappa shape index (κ2) is 7.89. The average molecular weight is 332 g/mol. The van der Waals surface area contributed by atoms with Crippen molar-refractivity contribution in [3.8, 4) is 0 Å². The minimum atomic E-state index is -0.856. The monoisotopic (exact) mass is 331 g/mol. The van der Waals surface area contributed by atoms with Crippen molar-refractivity contribution in [2.75, 3.05) is 0 Å². The molecular weight excluding hydrogens is 317 g/mol. The van der Waals surface area contributed by atoms with E-state index < -0.39 is 5.97 Å². The standard InChI is InChI=1S/C13H15BrFNO3/c14-10-5-9(6-11(15)7-10)8-16-12(17)3-1-2-4-13(18)19/h5-7H,1-4,8H2,(H,16,17)(H,18,19). The van der Waals surface area contributed by atoms with Crippen molar-refractivity contribution in [3.63, 3.8) is 0 Å². The van der Waals surface area contributed by atoms with Crippen LogP contribution in [0.15, 0.2) is 22.7 Å². The second-order valence-electron chi connectivity index (χ2n) is 4.16. The summed E-state index contributed by atoms with van der Waals surface area (Å²) in [6.45, 7) is 0.258. The van der Waals surface area contributed by atoms with Gasteiger partial charge in [-0.1, -0.05) is 15.9 Å². The number of nitrogens with one attached hydrogen (secondary N) is 1. The van der Waals surface area contributed by atoms with Gasteiger partial charge in [0.05, 0.1) is 0 Å². The Labute approximate surface area is 119 Å². The summed E-state index contributed by atoms with van der Waals surface area (Å²) < 4.78 is 13.7. The maximum Gasteiger partial charge on any atom is 0.303 e. The van der Waals surface area contributed by atoms with Gasteiger partial charge in [0.25, 0.3) is 0 Å². The molecule has 0 fully saturated rings. The van der Waals surface area contributed by atoms with E-state index in [0.717, 1.165) is 0 Å². The molecule has 0 saturated heterocycles. The van der Waals surface area contributed by atoms with Crippen molar-refractivity contribution in [2.24, 2.45) is 0 Å². The molecule has 104 valence electrons. The van der Waals surface area contributed by atoms with E-state index in [0.29, 0.717) is 22.9 Å². The number of halogens is 2. The number of benzene rings is 1. The summed E-state index contributed by atoms with van der Waals surface area (Å²) in [6, 6.07) is 4.43. The van der Waals surface area contributed by atoms with Gasteiger partial charge in [0.2, 0.25) is 5.91 Å². The topological polar surface area (TPSA) is 66.4 Å². The lowest BCUT2D eigenvalue weighted by molar-refractivity contribution is -0.137. The number of carbonyl (C=O) groups is 2. The first-order valence-corrected chi connectivity index (χ1v) is 6.70. The number of hydrogen-bond donors (Lipinski definition) is 2. The number of unbranched alkanes of at least 4 members (excludes halogenated alkanes) is 1. The van der Waals surface area contributed by atoms with Gasteiger partial charge in [-0.2, -0.15) is 0 Å². The summed E-state index contributed by atoms with van der Waals surface area (Å²) in [4.78, 5) is 21.7. The first kappa shape index (κ1) is 15.6. The third-order valence-corrected chi connectivity index (χ3v) is 2.91. The molecule has 1 aromatic carbocycles. The highest BCUT2D eigenvalue weighted by atomic mass is 79.9. The first-order chi connectivity index (χ1) is 8.97. The Morgan fingerprint density at radius 1 is 1.21 bits per heavy atom. The SMILES string of the molecule is O=C(O)CCCCC(=O)NCc1cc(F)cc(Br)c1. The summed E-state index contributed by atoms with van der Waals surface area (Å²) in [7, 11) is 0. The second-order valence-corrected chi connectivity index (χ2v) is 5.07. The van der Waals surface area contributed by atoms with Crippen LogP contribution in [-0.2, 0) is 16.1 Å². The van der Waals surface area contributed by atoms with Gasteiger partial charge in [0.1, 0.15) is 5.82 Å². The van der Waals surface area contributed by atoms with Crippen molar-refractivity contribution in [1.82, 2.24) is 5.32 Å². The van der Waals surface area contributed by atoms with Gasteiger partial charge in [-0.15, -0.1) is 0 Å². The van der Waals surface area contributed by atoms with E-state index >= 15 is 0 Å². The predicted octanol–water partition coefficient (Wildman–Crippen LogP) is 2.85. The van der Waals surface area contributed by atoms with Crippen LogP contribution in [0.2, 0.25) is 0 Å². The van der Waals surface area contributed by atoms with Crippen LogP contribution >= 0.6 is 15.9 Å². The molecule has 6 heteroatoms. The smallest absolute Gasteiger partial charge is 0.303 e. The molecule has 0 bridgehead atoms. The van der Waals surface area contributed by atoms with Crippen LogP contribution in [0.25, 0.3) is 0 Å². The van der Waals surface area contributed by atoms with Crippen LogP contribution in [-0.4, -0.2) is 17.0 Å². The molecule has 0 spiro atoms. The molecule has 0 heterocycles. The average Bonchev–Trinajstić information content (AvgIpc) is 2.31. The van der Waals surface area contributed by atoms with Crippen LogP contribution in [0.4, 0.5) is 4.39 Å². The zero-order valence-corrected chi connectivity index (χ0v) is 11.9. The quantitative estimate of drug-likeness (QED) is 0.755. The molecule has 0 atom stereocenters. The van der Waals surface area contributed by atoms with Crippen LogP contribution in [0.1, 0.15) is 31.2 Å². The summed E-state index contributed by atoms with van der Waals surface area (Å²) in [6.07, 6.45) is 1.37. The lowest BCUT2D eigenvalue weighted by Gasteiger charge is -2.06. The molecule has 0 unspecified atom stereocenters. The normalized spacial score (nSPS) is 10.2. The summed E-state index contributed by atoms with van der Waals surface area (Å²) in [5.74, 6) is -1.38. The molecule has 0 aliphatic heterocycles. The molecule has 0 aliphatic carbocycles. The molecular formula is C13H15BrFNO3. The van der Waals surface area contributed by atoms with E-state index in [1.807, 2.05) is 0 Å². The van der Waals surface area contributed by atoms with Gasteiger partial charge in [-0.05, 0) is 36.6 Å². The molecule has 1 amide bonds. The lowest BCUT2D eigenvalue weighted by atomic mass is 10.2. The van der Waals surface area contributed by atoms with Crippen molar-refractivity contribution in [1.29, 1.82) is 0 Å². The molecule has 0 aromatic heterocycles. The molecule has 2 N–H and O–H groups in total. The number of rotatable bonds is 7. The number of carbonyl (C=O) groups excluding carboxylic acids is 1. The fourth-order valence-corrected chi connectivity index (χ4v) is 2.08. The highest BCUT2D eigenvalue weighted by Gasteiger charge is 2.04. The Morgan fingerprint density at radius 2 is 1.89 bits per heavy atom. The maximum atomic E-state index is 13.1. The summed E-state index contributed by atoms with van der Waals surface area (Å²) >= 11 is 3.18. The Kier molecular flexibility index (Phi) is 6.49. The van der Waals surface area contributed by atoms with Crippen LogP contribution in [0.5, 0.6) is 0 Å². The zero-order chi connectivity index (χ0) is 14.3. The Balaban J connectivity index is 2.28. The van der Waals surface area contributed by atoms with E-state index in [-0.39, 0.29) is 31.1 Å². The number of carboxylic acids is 1. The number of hydrogen-bond acceptors (Lipinski definition) is 2. The number of carboxylic acid groups (broad SMARTS) is 1. The van der Waals surface area contributed by atoms with E-state index in [2.05, 4.69) is 21.2 Å². The van der Waals surface area contributed by atoms with Crippen LogP contribution < -0.4 is 5.32 Å². The van der Waals surface area contributed by atoms with E-state index in [1.54, 1.807) is 6.07 Å². The lowest BCUT2D eigenvalue weighted by Crippen LogP contribution is -2.22. The van der Waals surface area contributed by atoms with Crippen molar-refractivity contribution < 1.29 is 19.1 Å². The molecule has 19 heavy (non-hydrogen) atoms. The molecule has 0 radical (unpaired) electrons. The molecule has 4 nitrogen and oxygen atoms in total. The van der Waals surface area contributed by atoms with Crippen LogP contribution in [0.3, 0.4) is 0 Å². The first-order valence-electron chi connectivity index (χ1n) is 5.91. The fraction of sp³-hybridized carbons (Fsp3) is 0.385. The van der Waals surface area contributed by atoms with Crippen molar-refractivity contribution >= 4 is 27.8 Å². The maximum absolute atomic E-state index is 13.1. The minimum Gasteiger partial charge on any atom is -0.481 e. The third kappa shape index (κ3) is 6.91. The number of amides is 1. The van der Waals surface area contributed by atoms with Gasteiger partial charge < -0.3 is 10.4 Å². The van der Waals surface area contributed by atoms with Gasteiger partial charge in [-0.25, -0.2) is 4.39 Å². The third-order valence-electron chi connectivity index (χ3n) is 2.46. The van der Waals surface area contributed by atoms with E-state index in [1.165, 1.54) is 12.1 Å². The van der Waals surface area contributed by atoms with Crippen molar-refractivity contribution in [2.45, 2.75) is 32.2 Å². The Morgan fingerprint density at radius 3 is 2.53 bits per heavy atom. The molecule has 0 aliphatic rings.